The molecule has 11 heteroatoms. The SMILES string of the molecule is Cc1cc(C(=O)N[C@@H](Cc2ccccc2)[C@H](O)CNCc2cncc(C(C)(F)F)c2)cc(C(=O)N2CCC[C@@H]2c2nc(C)cs2)c1. The average Bonchev–Trinajstić information content (AvgIpc) is 3.69. The lowest BCUT2D eigenvalue weighted by atomic mass is 9.99. The number of aryl methyl sites for hydroxylation is 2. The van der Waals surface area contributed by atoms with Gasteiger partial charge in [0.2, 0.25) is 0 Å². The molecule has 4 aromatic rings. The third-order valence-electron chi connectivity index (χ3n) is 8.09. The Morgan fingerprint density at radius 3 is 2.57 bits per heavy atom. The molecule has 3 N–H and O–H groups in total. The quantitative estimate of drug-likeness (QED) is 0.181. The summed E-state index contributed by atoms with van der Waals surface area (Å²) >= 11 is 1.56. The van der Waals surface area contributed by atoms with Crippen LogP contribution in [0.5, 0.6) is 0 Å². The molecule has 8 nitrogen and oxygen atoms in total. The van der Waals surface area contributed by atoms with Crippen molar-refractivity contribution in [3.63, 3.8) is 0 Å². The van der Waals surface area contributed by atoms with E-state index in [-0.39, 0.29) is 30.6 Å². The largest absolute Gasteiger partial charge is 0.390 e. The Morgan fingerprint density at radius 2 is 1.85 bits per heavy atom. The number of hydrogen-bond acceptors (Lipinski definition) is 7. The highest BCUT2D eigenvalue weighted by molar-refractivity contribution is 7.09. The first-order valence-corrected chi connectivity index (χ1v) is 16.3. The maximum Gasteiger partial charge on any atom is 0.272 e. The van der Waals surface area contributed by atoms with Crippen molar-refractivity contribution >= 4 is 23.2 Å². The molecular weight excluding hydrogens is 608 g/mol. The number of carbonyl (C=O) groups is 2. The highest BCUT2D eigenvalue weighted by atomic mass is 32.1. The molecule has 0 aliphatic carbocycles. The number of amides is 2. The van der Waals surface area contributed by atoms with Gasteiger partial charge in [0, 0.05) is 66.7 Å². The van der Waals surface area contributed by atoms with Crippen LogP contribution in [0.25, 0.3) is 0 Å². The molecule has 0 unspecified atom stereocenters. The number of carbonyl (C=O) groups excluding carboxylic acids is 2. The zero-order chi connectivity index (χ0) is 32.8. The van der Waals surface area contributed by atoms with Crippen molar-refractivity contribution in [2.75, 3.05) is 13.1 Å². The molecule has 5 rings (SSSR count). The van der Waals surface area contributed by atoms with Crippen molar-refractivity contribution in [3.05, 3.63) is 116 Å². The molecule has 2 aromatic heterocycles. The first kappa shape index (κ1) is 33.3. The van der Waals surface area contributed by atoms with E-state index in [1.807, 2.05) is 54.5 Å². The van der Waals surface area contributed by atoms with E-state index in [1.165, 1.54) is 12.3 Å². The van der Waals surface area contributed by atoms with Gasteiger partial charge in [0.1, 0.15) is 5.01 Å². The maximum absolute atomic E-state index is 13.8. The Kier molecular flexibility index (Phi) is 10.6. The van der Waals surface area contributed by atoms with E-state index in [0.29, 0.717) is 29.7 Å². The number of thiazole rings is 1. The van der Waals surface area contributed by atoms with Crippen LogP contribution in [0.3, 0.4) is 0 Å². The standard InChI is InChI=1S/C35H39F2N5O3S/c1-22-12-26(16-27(13-22)34(45)42-11-7-10-30(42)33-40-23(2)21-46-33)32(44)41-29(15-24-8-5-4-6-9-24)31(43)20-39-18-25-14-28(19-38-17-25)35(3,36)37/h4-6,8-9,12-14,16-17,19,21,29-31,39,43H,7,10-11,15,18,20H2,1-3H3,(H,41,44)/t29-,30+,31+/m0/s1. The summed E-state index contributed by atoms with van der Waals surface area (Å²) in [5.41, 5.74) is 3.75. The maximum atomic E-state index is 13.8. The zero-order valence-corrected chi connectivity index (χ0v) is 27.0. The van der Waals surface area contributed by atoms with E-state index >= 15 is 0 Å². The molecule has 0 saturated carbocycles. The summed E-state index contributed by atoms with van der Waals surface area (Å²) in [7, 11) is 0. The van der Waals surface area contributed by atoms with E-state index in [4.69, 9.17) is 0 Å². The number of likely N-dealkylation sites (tertiary alicyclic amines) is 1. The molecule has 1 aliphatic heterocycles. The summed E-state index contributed by atoms with van der Waals surface area (Å²) in [4.78, 5) is 37.8. The van der Waals surface area contributed by atoms with Crippen LogP contribution in [0.1, 0.15) is 79.5 Å². The van der Waals surface area contributed by atoms with Crippen molar-refractivity contribution in [1.82, 2.24) is 25.5 Å². The summed E-state index contributed by atoms with van der Waals surface area (Å²) in [5.74, 6) is -3.56. The number of aliphatic hydroxyl groups excluding tert-OH is 1. The van der Waals surface area contributed by atoms with E-state index in [9.17, 15) is 23.5 Å². The Hall–Kier alpha value is -4.06. The summed E-state index contributed by atoms with van der Waals surface area (Å²) in [5, 5.41) is 20.2. The van der Waals surface area contributed by atoms with Crippen LogP contribution in [0.4, 0.5) is 8.78 Å². The van der Waals surface area contributed by atoms with Crippen LogP contribution in [0, 0.1) is 13.8 Å². The second kappa shape index (κ2) is 14.6. The van der Waals surface area contributed by atoms with Crippen LogP contribution < -0.4 is 10.6 Å². The fourth-order valence-corrected chi connectivity index (χ4v) is 6.67. The van der Waals surface area contributed by atoms with Gasteiger partial charge >= 0.3 is 0 Å². The number of nitrogens with zero attached hydrogens (tertiary/aromatic N) is 3. The minimum Gasteiger partial charge on any atom is -0.390 e. The van der Waals surface area contributed by atoms with Crippen LogP contribution >= 0.6 is 11.3 Å². The smallest absolute Gasteiger partial charge is 0.272 e. The van der Waals surface area contributed by atoms with Crippen molar-refractivity contribution in [3.8, 4) is 0 Å². The number of nitrogens with one attached hydrogen (secondary N) is 2. The molecule has 1 aliphatic rings. The van der Waals surface area contributed by atoms with Crippen LogP contribution in [0.2, 0.25) is 0 Å². The van der Waals surface area contributed by atoms with E-state index in [1.54, 1.807) is 29.5 Å². The first-order valence-electron chi connectivity index (χ1n) is 15.4. The molecule has 0 spiro atoms. The normalized spacial score (nSPS) is 16.3. The van der Waals surface area contributed by atoms with Crippen LogP contribution in [-0.4, -0.2) is 57.0 Å². The minimum absolute atomic E-state index is 0.0846. The lowest BCUT2D eigenvalue weighted by Crippen LogP contribution is -2.48. The Balaban J connectivity index is 1.29. The second-order valence-corrected chi connectivity index (χ2v) is 12.9. The number of aromatic nitrogens is 2. The number of halogens is 2. The average molecular weight is 648 g/mol. The summed E-state index contributed by atoms with van der Waals surface area (Å²) in [6.07, 6.45) is 3.71. The molecule has 1 fully saturated rings. The number of aliphatic hydroxyl groups is 1. The first-order chi connectivity index (χ1) is 22.0. The van der Waals surface area contributed by atoms with Crippen molar-refractivity contribution < 1.29 is 23.5 Å². The van der Waals surface area contributed by atoms with Gasteiger partial charge in [-0.25, -0.2) is 13.8 Å². The molecule has 0 radical (unpaired) electrons. The molecule has 0 bridgehead atoms. The molecule has 2 amide bonds. The monoisotopic (exact) mass is 647 g/mol. The van der Waals surface area contributed by atoms with Crippen molar-refractivity contribution in [1.29, 1.82) is 0 Å². The van der Waals surface area contributed by atoms with Crippen LogP contribution in [0.15, 0.2) is 72.4 Å². The summed E-state index contributed by atoms with van der Waals surface area (Å²) < 4.78 is 27.5. The van der Waals surface area contributed by atoms with Crippen molar-refractivity contribution in [2.45, 2.75) is 70.7 Å². The van der Waals surface area contributed by atoms with Gasteiger partial charge < -0.3 is 20.6 Å². The van der Waals surface area contributed by atoms with Gasteiger partial charge in [-0.15, -0.1) is 11.3 Å². The van der Waals surface area contributed by atoms with Gasteiger partial charge in [-0.3, -0.25) is 14.6 Å². The van der Waals surface area contributed by atoms with E-state index < -0.39 is 24.0 Å². The molecule has 242 valence electrons. The minimum atomic E-state index is -3.01. The van der Waals surface area contributed by atoms with Gasteiger partial charge in [-0.2, -0.15) is 0 Å². The summed E-state index contributed by atoms with van der Waals surface area (Å²) in [6, 6.07) is 15.3. The number of rotatable bonds is 12. The molecule has 3 atom stereocenters. The fourth-order valence-electron chi connectivity index (χ4n) is 5.73. The molecule has 3 heterocycles. The fraction of sp³-hybridized carbons (Fsp3) is 0.371. The predicted molar refractivity (Wildman–Crippen MR) is 174 cm³/mol. The Morgan fingerprint density at radius 1 is 1.09 bits per heavy atom. The molecule has 46 heavy (non-hydrogen) atoms. The van der Waals surface area contributed by atoms with Gasteiger partial charge in [0.05, 0.1) is 18.2 Å². The summed E-state index contributed by atoms with van der Waals surface area (Å²) in [6.45, 7) is 5.53. The third-order valence-corrected chi connectivity index (χ3v) is 9.15. The third kappa shape index (κ3) is 8.39. The van der Waals surface area contributed by atoms with Crippen molar-refractivity contribution in [2.24, 2.45) is 0 Å². The Bertz CT molecular complexity index is 1660. The lowest BCUT2D eigenvalue weighted by Gasteiger charge is -2.26. The highest BCUT2D eigenvalue weighted by Gasteiger charge is 2.33. The molecule has 2 aromatic carbocycles. The predicted octanol–water partition coefficient (Wildman–Crippen LogP) is 5.74. The van der Waals surface area contributed by atoms with Gasteiger partial charge in [-0.1, -0.05) is 30.3 Å². The number of benzene rings is 2. The lowest BCUT2D eigenvalue weighted by molar-refractivity contribution is 0.0170. The zero-order valence-electron chi connectivity index (χ0n) is 26.2. The number of pyridine rings is 1. The topological polar surface area (TPSA) is 107 Å². The number of alkyl halides is 2. The molecule has 1 saturated heterocycles. The van der Waals surface area contributed by atoms with E-state index in [0.717, 1.165) is 47.8 Å². The van der Waals surface area contributed by atoms with Gasteiger partial charge in [-0.05, 0) is 74.1 Å². The van der Waals surface area contributed by atoms with Gasteiger partial charge in [0.15, 0.2) is 0 Å². The van der Waals surface area contributed by atoms with E-state index in [2.05, 4.69) is 20.6 Å². The number of hydrogen-bond donors (Lipinski definition) is 3. The van der Waals surface area contributed by atoms with Crippen LogP contribution in [-0.2, 0) is 18.9 Å². The second-order valence-electron chi connectivity index (χ2n) is 12.0. The highest BCUT2D eigenvalue weighted by Crippen LogP contribution is 2.35. The van der Waals surface area contributed by atoms with Gasteiger partial charge in [0.25, 0.3) is 17.7 Å². The molecular formula is C35H39F2N5O3S. The Labute approximate surface area is 271 Å².